The molecule has 0 saturated carbocycles. The number of fused-ring (bicyclic) bond motifs is 10. The quantitative estimate of drug-likeness (QED) is 0.103. The molecular weight excluding hydrogens is 1510 g/mol. The maximum Gasteiger partial charge on any atom is 0.416 e. The second kappa shape index (κ2) is 37.1. The first-order valence-corrected chi connectivity index (χ1v) is 43.3. The first-order chi connectivity index (χ1) is 57.9. The molecule has 0 aliphatic carbocycles. The number of hydrogen-bond acceptors (Lipinski definition) is 12. The van der Waals surface area contributed by atoms with Crippen LogP contribution in [0.2, 0.25) is 5.02 Å². The van der Waals surface area contributed by atoms with Crippen molar-refractivity contribution in [1.29, 1.82) is 0 Å². The maximum atomic E-state index is 13.2. The molecule has 0 radical (unpaired) electrons. The highest BCUT2D eigenvalue weighted by Crippen LogP contribution is 2.50. The molecule has 5 fully saturated rings. The maximum absolute atomic E-state index is 13.2. The molecule has 10 heterocycles. The van der Waals surface area contributed by atoms with E-state index in [0.717, 1.165) is 199 Å². The van der Waals surface area contributed by atoms with E-state index in [9.17, 15) is 13.2 Å². The number of likely N-dealkylation sites (tertiary alicyclic amines) is 5. The van der Waals surface area contributed by atoms with E-state index in [1.54, 1.807) is 19.2 Å². The lowest BCUT2D eigenvalue weighted by Gasteiger charge is -2.39. The molecule has 0 unspecified atom stereocenters. The molecule has 0 N–H and O–H groups in total. The Hall–Kier alpha value is -9.03. The van der Waals surface area contributed by atoms with Gasteiger partial charge in [-0.25, -0.2) is 4.85 Å². The van der Waals surface area contributed by atoms with Crippen LogP contribution in [-0.2, 0) is 124 Å². The highest BCUT2D eigenvalue weighted by atomic mass is 35.5. The van der Waals surface area contributed by atoms with Crippen molar-refractivity contribution in [3.05, 3.63) is 347 Å². The van der Waals surface area contributed by atoms with Crippen molar-refractivity contribution < 1.29 is 46.3 Å². The Balaban J connectivity index is 0.000000111. The second-order valence-electron chi connectivity index (χ2n) is 34.0. The molecule has 10 aliphatic heterocycles. The highest BCUT2D eigenvalue weighted by molar-refractivity contribution is 6.31. The average Bonchev–Trinajstić information content (AvgIpc) is 1.66. The molecule has 17 heteroatoms. The molecule has 0 amide bonds. The minimum atomic E-state index is -4.30. The van der Waals surface area contributed by atoms with Gasteiger partial charge in [0.15, 0.2) is 0 Å². The number of aryl methyl sites for hydroxylation is 2. The third kappa shape index (κ3) is 18.9. The van der Waals surface area contributed by atoms with Gasteiger partial charge in [-0.2, -0.15) is 13.2 Å². The molecule has 620 valence electrons. The zero-order valence-electron chi connectivity index (χ0n) is 69.4. The molecule has 5 saturated heterocycles. The van der Waals surface area contributed by atoms with E-state index in [1.807, 2.05) is 49.4 Å². The van der Waals surface area contributed by atoms with E-state index in [-0.39, 0.29) is 28.0 Å². The SMILES string of the molecule is CCOc1cc(CN2CCC3(CC2)OCc2ccccc23)ccc1C.Cc1ccc(CN2CCC3(CC2)OCc2ccccc23)cc1.Clc1ccccc1CN1CCC2(CC1)OCc1ccccc12.FC(F)(F)c1ccccc1CN1CCC2(CC1)OCc1ccccc12.[C-]#[N+]c1ccc(CN2CCC3(CC2)OCc2ccccc23)cc1OC. The van der Waals surface area contributed by atoms with Gasteiger partial charge in [0.25, 0.3) is 0 Å². The van der Waals surface area contributed by atoms with E-state index in [0.29, 0.717) is 36.8 Å². The van der Waals surface area contributed by atoms with Crippen LogP contribution in [0.5, 0.6) is 11.5 Å². The van der Waals surface area contributed by atoms with Crippen molar-refractivity contribution in [3.8, 4) is 11.5 Å². The zero-order valence-corrected chi connectivity index (χ0v) is 70.2. The van der Waals surface area contributed by atoms with Crippen LogP contribution in [-0.4, -0.2) is 104 Å². The Labute approximate surface area is 706 Å². The Kier molecular flexibility index (Phi) is 26.1. The number of rotatable bonds is 13. The summed E-state index contributed by atoms with van der Waals surface area (Å²) in [6.07, 6.45) is 5.89. The standard InChI is InChI=1S/C22H27NO2.C21H22N2O2.C20H20F3NO.C20H23NO.C19H20ClNO/c1-3-24-21-14-18(9-8-17(21)2)15-23-12-10-22(11-13-23)20-7-5-4-6-19(20)16-25-22;1-22-19-8-7-16(13-20(19)24-2)14-23-11-9-21(10-12-23)18-6-4-3-5-17(18)15-25-21;21-20(22,23)18-8-4-1-5-15(18)13-24-11-9-19(10-12-24)17-7-3-2-6-16(17)14-25-19;1-16-6-8-17(9-7-16)14-21-12-10-20(11-13-21)19-5-3-2-4-18(19)15-22-20;20-18-8-4-2-5-15(18)13-21-11-9-19(10-12-21)17-7-3-1-6-16(17)14-22-19/h4-9,14H,3,10-13,15-16H2,1-2H3;3-8,13H,9-12,14-15H2,2H3;1-8H,9-14H2;2-9H,10-15H2,1H3;1-8H,9-14H2. The van der Waals surface area contributed by atoms with E-state index >= 15 is 0 Å². The van der Waals surface area contributed by atoms with Crippen molar-refractivity contribution in [2.24, 2.45) is 0 Å². The lowest BCUT2D eigenvalue weighted by molar-refractivity contribution is -0.138. The van der Waals surface area contributed by atoms with Crippen LogP contribution in [0.4, 0.5) is 18.9 Å². The van der Waals surface area contributed by atoms with Gasteiger partial charge >= 0.3 is 6.18 Å². The summed E-state index contributed by atoms with van der Waals surface area (Å²) in [5.41, 5.74) is 21.2. The van der Waals surface area contributed by atoms with E-state index < -0.39 is 11.7 Å². The van der Waals surface area contributed by atoms with Gasteiger partial charge in [0.1, 0.15) is 11.5 Å². The van der Waals surface area contributed by atoms with Crippen LogP contribution in [0, 0.1) is 20.4 Å². The van der Waals surface area contributed by atoms with Crippen molar-refractivity contribution in [2.75, 3.05) is 79.2 Å². The summed E-state index contributed by atoms with van der Waals surface area (Å²) in [4.78, 5) is 15.6. The zero-order chi connectivity index (χ0) is 82.0. The van der Waals surface area contributed by atoms with E-state index in [2.05, 4.69) is 207 Å². The highest BCUT2D eigenvalue weighted by Gasteiger charge is 2.48. The van der Waals surface area contributed by atoms with Crippen molar-refractivity contribution in [1.82, 2.24) is 24.5 Å². The number of benzene rings is 10. The Morgan fingerprint density at radius 3 is 1.05 bits per heavy atom. The van der Waals surface area contributed by atoms with Gasteiger partial charge in [0, 0.05) is 103 Å². The third-order valence-electron chi connectivity index (χ3n) is 26.7. The van der Waals surface area contributed by atoms with Gasteiger partial charge < -0.3 is 33.2 Å². The minimum Gasteiger partial charge on any atom is -0.508 e. The third-order valence-corrected chi connectivity index (χ3v) is 27.1. The van der Waals surface area contributed by atoms with Gasteiger partial charge in [-0.05, 0) is 198 Å². The van der Waals surface area contributed by atoms with Crippen molar-refractivity contribution in [3.63, 3.8) is 0 Å². The van der Waals surface area contributed by atoms with Gasteiger partial charge in [-0.3, -0.25) is 24.5 Å². The Morgan fingerprint density at radius 1 is 0.378 bits per heavy atom. The fraction of sp³-hybridized carbons (Fsp3) is 0.402. The molecule has 13 nitrogen and oxygen atoms in total. The molecule has 5 spiro atoms. The number of halogens is 4. The summed E-state index contributed by atoms with van der Waals surface area (Å²) in [7, 11) is 1.62. The molecule has 10 aliphatic rings. The minimum absolute atomic E-state index is 0.0135. The van der Waals surface area contributed by atoms with E-state index in [4.69, 9.17) is 51.3 Å². The number of alkyl halides is 3. The molecule has 0 bridgehead atoms. The summed E-state index contributed by atoms with van der Waals surface area (Å²) in [6.45, 7) is 32.0. The molecule has 10 aromatic rings. The predicted molar refractivity (Wildman–Crippen MR) is 463 cm³/mol. The van der Waals surface area contributed by atoms with E-state index in [1.165, 1.54) is 95.1 Å². The number of hydrogen-bond donors (Lipinski definition) is 0. The number of methoxy groups -OCH3 is 1. The van der Waals surface area contributed by atoms with Crippen molar-refractivity contribution in [2.45, 2.75) is 185 Å². The monoisotopic (exact) mass is 1620 g/mol. The topological polar surface area (TPSA) is 85.2 Å². The predicted octanol–water partition coefficient (Wildman–Crippen LogP) is 21.8. The van der Waals surface area contributed by atoms with Gasteiger partial charge in [0.2, 0.25) is 5.69 Å². The number of nitrogens with zero attached hydrogens (tertiary/aromatic N) is 6. The summed E-state index contributed by atoms with van der Waals surface area (Å²) in [5, 5.41) is 0.866. The first kappa shape index (κ1) is 83.6. The lowest BCUT2D eigenvalue weighted by Crippen LogP contribution is -2.42. The summed E-state index contributed by atoms with van der Waals surface area (Å²) in [6, 6.07) is 78.4. The number of piperidine rings is 5. The second-order valence-corrected chi connectivity index (χ2v) is 34.4. The molecule has 20 rings (SSSR count). The molecule has 119 heavy (non-hydrogen) atoms. The lowest BCUT2D eigenvalue weighted by atomic mass is 9.83. The number of ether oxygens (including phenoxy) is 7. The molecule has 0 atom stereocenters. The van der Waals surface area contributed by atoms with Gasteiger partial charge in [-0.15, -0.1) is 0 Å². The first-order valence-electron chi connectivity index (χ1n) is 42.9. The fourth-order valence-electron chi connectivity index (χ4n) is 19.8. The van der Waals surface area contributed by atoms with Crippen LogP contribution in [0.15, 0.2) is 231 Å². The smallest absolute Gasteiger partial charge is 0.416 e. The average molecular weight is 1630 g/mol. The molecular formula is C102H112ClF3N6O7. The molecule has 10 aromatic carbocycles. The fourth-order valence-corrected chi connectivity index (χ4v) is 20.0. The molecule has 0 aromatic heterocycles. The summed E-state index contributed by atoms with van der Waals surface area (Å²) < 4.78 is 81.7. The van der Waals surface area contributed by atoms with Crippen LogP contribution < -0.4 is 9.47 Å². The van der Waals surface area contributed by atoms with Crippen molar-refractivity contribution >= 4 is 17.3 Å². The van der Waals surface area contributed by atoms with Gasteiger partial charge in [-0.1, -0.05) is 223 Å². The van der Waals surface area contributed by atoms with Crippen LogP contribution in [0.1, 0.15) is 171 Å². The van der Waals surface area contributed by atoms with Crippen LogP contribution in [0.25, 0.3) is 4.85 Å². The Bertz CT molecular complexity index is 5150. The van der Waals surface area contributed by atoms with Crippen LogP contribution >= 0.6 is 11.6 Å². The summed E-state index contributed by atoms with van der Waals surface area (Å²) in [5.74, 6) is 1.68. The normalized spacial score (nSPS) is 19.6. The van der Waals surface area contributed by atoms with Gasteiger partial charge in [0.05, 0.1) is 86.9 Å². The Morgan fingerprint density at radius 2 is 0.689 bits per heavy atom. The largest absolute Gasteiger partial charge is 0.508 e. The summed E-state index contributed by atoms with van der Waals surface area (Å²) >= 11 is 6.28. The van der Waals surface area contributed by atoms with Crippen LogP contribution in [0.3, 0.4) is 0 Å².